The van der Waals surface area contributed by atoms with Gasteiger partial charge >= 0.3 is 0 Å². The zero-order chi connectivity index (χ0) is 22.5. The molecule has 1 aliphatic carbocycles. The number of carboxylic acid groups (broad SMARTS) is 1. The maximum absolute atomic E-state index is 12.9. The Labute approximate surface area is 184 Å². The summed E-state index contributed by atoms with van der Waals surface area (Å²) in [5.74, 6) is 1.20. The third-order valence-electron chi connectivity index (χ3n) is 7.22. The summed E-state index contributed by atoms with van der Waals surface area (Å²) >= 11 is 0. The Morgan fingerprint density at radius 3 is 2.39 bits per heavy atom. The van der Waals surface area contributed by atoms with E-state index in [2.05, 4.69) is 16.9 Å². The number of aliphatic hydroxyl groups is 1. The summed E-state index contributed by atoms with van der Waals surface area (Å²) in [4.78, 5) is 25.7. The van der Waals surface area contributed by atoms with Gasteiger partial charge in [0.2, 0.25) is 5.91 Å². The molecule has 0 bridgehead atoms. The van der Waals surface area contributed by atoms with E-state index in [1.54, 1.807) is 0 Å². The maximum atomic E-state index is 12.9. The Hall–Kier alpha value is -1.97. The monoisotopic (exact) mass is 436 g/mol. The molecule has 31 heavy (non-hydrogen) atoms. The third-order valence-corrected chi connectivity index (χ3v) is 7.22. The van der Waals surface area contributed by atoms with Crippen LogP contribution in [0.3, 0.4) is 0 Å². The van der Waals surface area contributed by atoms with Crippen LogP contribution in [0.25, 0.3) is 0 Å². The predicted octanol–water partition coefficient (Wildman–Crippen LogP) is 0.600. The zero-order valence-corrected chi connectivity index (χ0v) is 18.9. The molecule has 2 saturated heterocycles. The number of hydrogen-bond donors (Lipinski definition) is 2. The van der Waals surface area contributed by atoms with E-state index in [4.69, 9.17) is 14.6 Å². The van der Waals surface area contributed by atoms with Gasteiger partial charge in [0.25, 0.3) is 6.47 Å². The number of ether oxygens (including phenoxy) is 1. The number of carbonyl (C=O) groups excluding carboxylic acids is 1. The van der Waals surface area contributed by atoms with E-state index in [0.29, 0.717) is 18.3 Å². The molecule has 0 spiro atoms. The normalized spacial score (nSPS) is 28.6. The van der Waals surface area contributed by atoms with E-state index in [1.807, 2.05) is 23.6 Å². The maximum Gasteiger partial charge on any atom is 0.290 e. The average Bonchev–Trinajstić information content (AvgIpc) is 3.27. The molecule has 0 radical (unpaired) electrons. The Morgan fingerprint density at radius 1 is 1.19 bits per heavy atom. The number of likely N-dealkylation sites (tertiary alicyclic amines) is 1. The van der Waals surface area contributed by atoms with Crippen molar-refractivity contribution in [2.45, 2.75) is 51.7 Å². The largest absolute Gasteiger partial charge is 0.483 e. The second kappa shape index (κ2) is 10.6. The third kappa shape index (κ3) is 5.45. The number of aryl methyl sites for hydroxylation is 2. The molecule has 3 aliphatic rings. The van der Waals surface area contributed by atoms with E-state index in [0.717, 1.165) is 70.0 Å². The van der Waals surface area contributed by atoms with Crippen molar-refractivity contribution in [2.75, 3.05) is 39.4 Å². The van der Waals surface area contributed by atoms with E-state index in [1.165, 1.54) is 5.56 Å². The van der Waals surface area contributed by atoms with E-state index >= 15 is 0 Å². The molecule has 3 fully saturated rings. The van der Waals surface area contributed by atoms with Crippen molar-refractivity contribution in [3.63, 3.8) is 0 Å². The van der Waals surface area contributed by atoms with Crippen LogP contribution in [0.15, 0.2) is 0 Å². The van der Waals surface area contributed by atoms with Crippen LogP contribution in [-0.4, -0.2) is 93.7 Å². The van der Waals surface area contributed by atoms with Crippen LogP contribution < -0.4 is 0 Å². The van der Waals surface area contributed by atoms with E-state index < -0.39 is 0 Å². The van der Waals surface area contributed by atoms with Gasteiger partial charge < -0.3 is 19.8 Å². The molecule has 2 aliphatic heterocycles. The van der Waals surface area contributed by atoms with Gasteiger partial charge in [-0.25, -0.2) is 0 Å². The highest BCUT2D eigenvalue weighted by molar-refractivity contribution is 5.77. The number of amides is 1. The summed E-state index contributed by atoms with van der Waals surface area (Å²) in [7, 11) is 1.95. The topological polar surface area (TPSA) is 108 Å². The lowest BCUT2D eigenvalue weighted by atomic mass is 9.77. The lowest BCUT2D eigenvalue weighted by Gasteiger charge is -2.43. The molecule has 4 rings (SSSR count). The first-order valence-corrected chi connectivity index (χ1v) is 11.2. The fourth-order valence-corrected chi connectivity index (χ4v) is 5.48. The van der Waals surface area contributed by atoms with Gasteiger partial charge in [0, 0.05) is 51.4 Å². The number of hydrogen-bond acceptors (Lipinski definition) is 6. The minimum atomic E-state index is -0.282. The molecule has 0 aromatic carbocycles. The molecule has 9 heteroatoms. The van der Waals surface area contributed by atoms with Crippen LogP contribution >= 0.6 is 0 Å². The number of rotatable bonds is 4. The van der Waals surface area contributed by atoms with Crippen LogP contribution in [0.4, 0.5) is 0 Å². The number of morpholine rings is 1. The highest BCUT2D eigenvalue weighted by atomic mass is 16.5. The number of aromatic nitrogens is 2. The zero-order valence-electron chi connectivity index (χ0n) is 18.9. The van der Waals surface area contributed by atoms with Crippen molar-refractivity contribution >= 4 is 12.4 Å². The van der Waals surface area contributed by atoms with Gasteiger partial charge in [-0.1, -0.05) is 0 Å². The van der Waals surface area contributed by atoms with Gasteiger partial charge in [0.05, 0.1) is 25.0 Å². The predicted molar refractivity (Wildman–Crippen MR) is 115 cm³/mol. The molecule has 1 amide bonds. The lowest BCUT2D eigenvalue weighted by molar-refractivity contribution is -0.130. The Bertz CT molecular complexity index is 761. The van der Waals surface area contributed by atoms with Gasteiger partial charge in [-0.15, -0.1) is 0 Å². The first-order chi connectivity index (χ1) is 14.8. The van der Waals surface area contributed by atoms with Crippen molar-refractivity contribution in [3.05, 3.63) is 17.0 Å². The van der Waals surface area contributed by atoms with Crippen molar-refractivity contribution in [3.8, 4) is 0 Å². The molecule has 1 aromatic rings. The van der Waals surface area contributed by atoms with Crippen molar-refractivity contribution in [1.29, 1.82) is 0 Å². The SMILES string of the molecule is Cc1nn(C)c(C)c1CCC(=O)N1C[C@H]2C[C@@H](N3CCOCC3)[C@H](O)C[C@H]2C1.O=CO. The van der Waals surface area contributed by atoms with Gasteiger partial charge in [-0.05, 0) is 50.5 Å². The fourth-order valence-electron chi connectivity index (χ4n) is 5.48. The van der Waals surface area contributed by atoms with Gasteiger partial charge in [0.15, 0.2) is 0 Å². The molecular formula is C22H36N4O5. The smallest absolute Gasteiger partial charge is 0.290 e. The minimum Gasteiger partial charge on any atom is -0.483 e. The van der Waals surface area contributed by atoms with Crippen molar-refractivity contribution < 1.29 is 24.5 Å². The fraction of sp³-hybridized carbons (Fsp3) is 0.773. The number of fused-ring (bicyclic) bond motifs is 1. The highest BCUT2D eigenvalue weighted by Crippen LogP contribution is 2.38. The summed E-state index contributed by atoms with van der Waals surface area (Å²) in [6.07, 6.45) is 2.83. The Morgan fingerprint density at radius 2 is 1.81 bits per heavy atom. The second-order valence-electron chi connectivity index (χ2n) is 8.95. The van der Waals surface area contributed by atoms with E-state index in [-0.39, 0.29) is 24.5 Å². The summed E-state index contributed by atoms with van der Waals surface area (Å²) in [5.41, 5.74) is 3.38. The number of carbonyl (C=O) groups is 2. The molecule has 0 unspecified atom stereocenters. The average molecular weight is 437 g/mol. The molecular weight excluding hydrogens is 400 g/mol. The second-order valence-corrected chi connectivity index (χ2v) is 8.95. The molecule has 3 heterocycles. The van der Waals surface area contributed by atoms with Crippen LogP contribution in [0.5, 0.6) is 0 Å². The quantitative estimate of drug-likeness (QED) is 0.666. The van der Waals surface area contributed by atoms with Gasteiger partial charge in [0.1, 0.15) is 0 Å². The van der Waals surface area contributed by atoms with E-state index in [9.17, 15) is 9.90 Å². The molecule has 9 nitrogen and oxygen atoms in total. The molecule has 2 N–H and O–H groups in total. The van der Waals surface area contributed by atoms with Crippen LogP contribution in [0.1, 0.15) is 36.2 Å². The highest BCUT2D eigenvalue weighted by Gasteiger charge is 2.44. The number of nitrogens with zero attached hydrogens (tertiary/aromatic N) is 4. The number of aliphatic hydroxyl groups excluding tert-OH is 1. The molecule has 1 saturated carbocycles. The summed E-state index contributed by atoms with van der Waals surface area (Å²) in [6.45, 7) is 8.83. The summed E-state index contributed by atoms with van der Waals surface area (Å²) in [6, 6.07) is 0.223. The molecule has 174 valence electrons. The summed E-state index contributed by atoms with van der Waals surface area (Å²) < 4.78 is 7.36. The van der Waals surface area contributed by atoms with Crippen LogP contribution in [0, 0.1) is 25.7 Å². The first kappa shape index (κ1) is 23.7. The Balaban J connectivity index is 0.000000858. The molecule has 4 atom stereocenters. The lowest BCUT2D eigenvalue weighted by Crippen LogP contribution is -2.53. The van der Waals surface area contributed by atoms with Gasteiger partial charge in [-0.3, -0.25) is 19.2 Å². The minimum absolute atomic E-state index is 0.223. The van der Waals surface area contributed by atoms with Crippen molar-refractivity contribution in [2.24, 2.45) is 18.9 Å². The summed E-state index contributed by atoms with van der Waals surface area (Å²) in [5, 5.41) is 22.1. The van der Waals surface area contributed by atoms with Crippen molar-refractivity contribution in [1.82, 2.24) is 19.6 Å². The molecule has 1 aromatic heterocycles. The van der Waals surface area contributed by atoms with Crippen LogP contribution in [0.2, 0.25) is 0 Å². The standard InChI is InChI=1S/C21H34N4O3.CH2O2/c1-14-18(15(2)23(3)22-14)4-5-21(27)25-12-16-10-19(20(26)11-17(16)13-25)24-6-8-28-9-7-24;2-1-3/h16-17,19-20,26H,4-13H2,1-3H3;1H,(H,2,3)/t16-,17+,19-,20-;/m1./s1. The van der Waals surface area contributed by atoms with Gasteiger partial charge in [-0.2, -0.15) is 5.10 Å². The first-order valence-electron chi connectivity index (χ1n) is 11.2. The van der Waals surface area contributed by atoms with Crippen LogP contribution in [-0.2, 0) is 27.8 Å². The Kier molecular flexibility index (Phi) is 8.07.